The lowest BCUT2D eigenvalue weighted by Crippen LogP contribution is -2.55. The van der Waals surface area contributed by atoms with E-state index in [2.05, 4.69) is 11.8 Å². The number of methoxy groups -OCH3 is 2. The molecule has 0 aromatic heterocycles. The van der Waals surface area contributed by atoms with Crippen molar-refractivity contribution in [3.8, 4) is 11.5 Å². The fourth-order valence-electron chi connectivity index (χ4n) is 3.43. The quantitative estimate of drug-likeness (QED) is 0.769. The van der Waals surface area contributed by atoms with Gasteiger partial charge in [0.1, 0.15) is 11.5 Å². The van der Waals surface area contributed by atoms with Crippen LogP contribution in [0.15, 0.2) is 12.1 Å². The highest BCUT2D eigenvalue weighted by Gasteiger charge is 2.32. The normalized spacial score (nSPS) is 18.8. The molecular formula is C19H30N2O3. The summed E-state index contributed by atoms with van der Waals surface area (Å²) in [6.07, 6.45) is 3.09. The molecule has 134 valence electrons. The number of carbonyl (C=O) groups excluding carboxylic acids is 1. The van der Waals surface area contributed by atoms with Crippen LogP contribution in [0.1, 0.15) is 37.3 Å². The summed E-state index contributed by atoms with van der Waals surface area (Å²) in [7, 11) is 5.26. The molecule has 1 amide bonds. The van der Waals surface area contributed by atoms with Crippen LogP contribution in [0.5, 0.6) is 11.5 Å². The Bertz CT molecular complexity index is 574. The number of piperazine rings is 1. The number of hydrogen-bond donors (Lipinski definition) is 0. The predicted octanol–water partition coefficient (Wildman–Crippen LogP) is 2.85. The molecule has 0 aliphatic carbocycles. The van der Waals surface area contributed by atoms with Crippen molar-refractivity contribution in [2.45, 2.75) is 45.7 Å². The first kappa shape index (κ1) is 18.6. The number of likely N-dealkylation sites (N-methyl/N-ethyl adjacent to an activating group) is 1. The average Bonchev–Trinajstić information content (AvgIpc) is 2.58. The standard InChI is InChI=1S/C19H30N2O3/c1-6-7-8-16-19(22)20(3)11-12-21(16)13-15-9-10-17(23-4)14(2)18(15)24-5/h9-10,16H,6-8,11-13H2,1-5H3/t16-/m0/s1. The Kier molecular flexibility index (Phi) is 6.49. The molecule has 5 heteroatoms. The van der Waals surface area contributed by atoms with Gasteiger partial charge >= 0.3 is 0 Å². The summed E-state index contributed by atoms with van der Waals surface area (Å²) >= 11 is 0. The Morgan fingerprint density at radius 3 is 2.58 bits per heavy atom. The number of benzene rings is 1. The molecule has 1 atom stereocenters. The van der Waals surface area contributed by atoms with Crippen molar-refractivity contribution in [1.82, 2.24) is 9.80 Å². The second-order valence-electron chi connectivity index (χ2n) is 6.47. The lowest BCUT2D eigenvalue weighted by atomic mass is 10.0. The van der Waals surface area contributed by atoms with Crippen LogP contribution in [0, 0.1) is 6.92 Å². The summed E-state index contributed by atoms with van der Waals surface area (Å²) in [5.41, 5.74) is 2.11. The molecule has 0 saturated carbocycles. The van der Waals surface area contributed by atoms with Crippen LogP contribution in [-0.2, 0) is 11.3 Å². The maximum atomic E-state index is 12.6. The zero-order valence-corrected chi connectivity index (χ0v) is 15.6. The minimum Gasteiger partial charge on any atom is -0.496 e. The van der Waals surface area contributed by atoms with E-state index < -0.39 is 0 Å². The highest BCUT2D eigenvalue weighted by Crippen LogP contribution is 2.33. The molecule has 1 fully saturated rings. The molecule has 1 saturated heterocycles. The van der Waals surface area contributed by atoms with Gasteiger partial charge in [0.05, 0.1) is 20.3 Å². The number of nitrogens with zero attached hydrogens (tertiary/aromatic N) is 2. The second-order valence-corrected chi connectivity index (χ2v) is 6.47. The van der Waals surface area contributed by atoms with Crippen molar-refractivity contribution >= 4 is 5.91 Å². The summed E-state index contributed by atoms with van der Waals surface area (Å²) in [6.45, 7) is 6.56. The number of rotatable bonds is 7. The van der Waals surface area contributed by atoms with Gasteiger partial charge in [0, 0.05) is 37.8 Å². The van der Waals surface area contributed by atoms with Crippen LogP contribution >= 0.6 is 0 Å². The van der Waals surface area contributed by atoms with E-state index in [1.807, 2.05) is 31.0 Å². The van der Waals surface area contributed by atoms with E-state index in [4.69, 9.17) is 9.47 Å². The minimum absolute atomic E-state index is 0.0317. The van der Waals surface area contributed by atoms with Crippen LogP contribution in [0.4, 0.5) is 0 Å². The van der Waals surface area contributed by atoms with Gasteiger partial charge in [0.25, 0.3) is 0 Å². The van der Waals surface area contributed by atoms with E-state index in [0.29, 0.717) is 0 Å². The van der Waals surface area contributed by atoms with E-state index in [0.717, 1.165) is 61.5 Å². The predicted molar refractivity (Wildman–Crippen MR) is 95.6 cm³/mol. The molecule has 1 aromatic carbocycles. The third kappa shape index (κ3) is 3.83. The van der Waals surface area contributed by atoms with Gasteiger partial charge in [-0.3, -0.25) is 9.69 Å². The zero-order valence-electron chi connectivity index (χ0n) is 15.6. The van der Waals surface area contributed by atoms with Crippen LogP contribution in [0.2, 0.25) is 0 Å². The molecule has 0 spiro atoms. The van der Waals surface area contributed by atoms with Crippen LogP contribution in [0.25, 0.3) is 0 Å². The Morgan fingerprint density at radius 1 is 1.21 bits per heavy atom. The molecule has 1 aliphatic rings. The van der Waals surface area contributed by atoms with E-state index in [1.54, 1.807) is 14.2 Å². The van der Waals surface area contributed by atoms with Crippen LogP contribution in [-0.4, -0.2) is 56.1 Å². The fraction of sp³-hybridized carbons (Fsp3) is 0.632. The number of ether oxygens (including phenoxy) is 2. The van der Waals surface area contributed by atoms with Crippen molar-refractivity contribution in [3.63, 3.8) is 0 Å². The minimum atomic E-state index is -0.0317. The first-order chi connectivity index (χ1) is 11.5. The van der Waals surface area contributed by atoms with Crippen LogP contribution < -0.4 is 9.47 Å². The fourth-order valence-corrected chi connectivity index (χ4v) is 3.43. The summed E-state index contributed by atoms with van der Waals surface area (Å²) in [5, 5.41) is 0. The lowest BCUT2D eigenvalue weighted by Gasteiger charge is -2.39. The molecule has 0 bridgehead atoms. The number of carbonyl (C=O) groups is 1. The van der Waals surface area contributed by atoms with Crippen molar-refractivity contribution in [2.24, 2.45) is 0 Å². The average molecular weight is 334 g/mol. The van der Waals surface area contributed by atoms with Crippen molar-refractivity contribution in [2.75, 3.05) is 34.4 Å². The first-order valence-corrected chi connectivity index (χ1v) is 8.72. The van der Waals surface area contributed by atoms with Crippen molar-refractivity contribution in [1.29, 1.82) is 0 Å². The zero-order chi connectivity index (χ0) is 17.7. The molecule has 24 heavy (non-hydrogen) atoms. The summed E-state index contributed by atoms with van der Waals surface area (Å²) < 4.78 is 11.0. The third-order valence-electron chi connectivity index (χ3n) is 4.89. The van der Waals surface area contributed by atoms with Crippen molar-refractivity contribution in [3.05, 3.63) is 23.3 Å². The van der Waals surface area contributed by atoms with Crippen molar-refractivity contribution < 1.29 is 14.3 Å². The molecule has 1 heterocycles. The smallest absolute Gasteiger partial charge is 0.239 e. The molecule has 0 unspecified atom stereocenters. The maximum absolute atomic E-state index is 12.6. The Morgan fingerprint density at radius 2 is 1.96 bits per heavy atom. The van der Waals surface area contributed by atoms with Gasteiger partial charge in [-0.15, -0.1) is 0 Å². The van der Waals surface area contributed by atoms with Gasteiger partial charge in [0.15, 0.2) is 0 Å². The highest BCUT2D eigenvalue weighted by molar-refractivity contribution is 5.82. The van der Waals surface area contributed by atoms with Gasteiger partial charge in [0.2, 0.25) is 5.91 Å². The first-order valence-electron chi connectivity index (χ1n) is 8.72. The summed E-state index contributed by atoms with van der Waals surface area (Å²) in [6, 6.07) is 3.99. The monoisotopic (exact) mass is 334 g/mol. The molecule has 1 aromatic rings. The van der Waals surface area contributed by atoms with Gasteiger partial charge in [-0.05, 0) is 19.4 Å². The van der Waals surface area contributed by atoms with E-state index in [1.165, 1.54) is 0 Å². The Balaban J connectivity index is 2.24. The third-order valence-corrected chi connectivity index (χ3v) is 4.89. The largest absolute Gasteiger partial charge is 0.496 e. The number of unbranched alkanes of at least 4 members (excludes halogenated alkanes) is 1. The van der Waals surface area contributed by atoms with E-state index in [9.17, 15) is 4.79 Å². The molecule has 0 radical (unpaired) electrons. The van der Waals surface area contributed by atoms with Gasteiger partial charge in [-0.2, -0.15) is 0 Å². The summed E-state index contributed by atoms with van der Waals surface area (Å²) in [5.74, 6) is 1.92. The van der Waals surface area contributed by atoms with Crippen LogP contribution in [0.3, 0.4) is 0 Å². The molecular weight excluding hydrogens is 304 g/mol. The molecule has 2 rings (SSSR count). The SMILES string of the molecule is CCCC[C@H]1C(=O)N(C)CCN1Cc1ccc(OC)c(C)c1OC. The highest BCUT2D eigenvalue weighted by atomic mass is 16.5. The molecule has 1 aliphatic heterocycles. The Labute approximate surface area is 145 Å². The van der Waals surface area contributed by atoms with E-state index in [-0.39, 0.29) is 11.9 Å². The van der Waals surface area contributed by atoms with Gasteiger partial charge in [-0.25, -0.2) is 0 Å². The lowest BCUT2D eigenvalue weighted by molar-refractivity contribution is -0.140. The maximum Gasteiger partial charge on any atom is 0.239 e. The van der Waals surface area contributed by atoms with Gasteiger partial charge in [-0.1, -0.05) is 25.8 Å². The topological polar surface area (TPSA) is 42.0 Å². The molecule has 0 N–H and O–H groups in total. The second kappa shape index (κ2) is 8.38. The number of hydrogen-bond acceptors (Lipinski definition) is 4. The van der Waals surface area contributed by atoms with E-state index >= 15 is 0 Å². The van der Waals surface area contributed by atoms with Gasteiger partial charge < -0.3 is 14.4 Å². The Hall–Kier alpha value is -1.75. The molecule has 5 nitrogen and oxygen atoms in total. The number of amides is 1. The summed E-state index contributed by atoms with van der Waals surface area (Å²) in [4.78, 5) is 16.7.